The van der Waals surface area contributed by atoms with E-state index in [1.165, 1.54) is 19.3 Å². The molecule has 2 aliphatic carbocycles. The van der Waals surface area contributed by atoms with Gasteiger partial charge in [-0.1, -0.05) is 19.8 Å². The van der Waals surface area contributed by atoms with Crippen LogP contribution in [0, 0.1) is 17.8 Å². The summed E-state index contributed by atoms with van der Waals surface area (Å²) in [6.07, 6.45) is 6.10. The number of hydrogen-bond donors (Lipinski definition) is 1. The number of rotatable bonds is 4. The van der Waals surface area contributed by atoms with Gasteiger partial charge in [0.05, 0.1) is 11.8 Å². The number of carboxylic acids is 1. The molecule has 0 aliphatic heterocycles. The van der Waals surface area contributed by atoms with Crippen molar-refractivity contribution in [3.05, 3.63) is 0 Å². The summed E-state index contributed by atoms with van der Waals surface area (Å²) >= 11 is 0. The van der Waals surface area contributed by atoms with Gasteiger partial charge >= 0.3 is 5.97 Å². The van der Waals surface area contributed by atoms with Crippen molar-refractivity contribution < 1.29 is 14.7 Å². The molecule has 108 valence electrons. The first kappa shape index (κ1) is 14.4. The Morgan fingerprint density at radius 3 is 2.21 bits per heavy atom. The van der Waals surface area contributed by atoms with E-state index in [1.54, 1.807) is 0 Å². The van der Waals surface area contributed by atoms with Gasteiger partial charge in [-0.2, -0.15) is 0 Å². The molecule has 4 unspecified atom stereocenters. The molecule has 0 aromatic heterocycles. The lowest BCUT2D eigenvalue weighted by molar-refractivity contribution is -0.158. The van der Waals surface area contributed by atoms with Crippen LogP contribution in [-0.2, 0) is 9.59 Å². The summed E-state index contributed by atoms with van der Waals surface area (Å²) in [7, 11) is 0. The van der Waals surface area contributed by atoms with Gasteiger partial charge in [-0.25, -0.2) is 0 Å². The number of carbonyl (C=O) groups excluding carboxylic acids is 1. The fraction of sp³-hybridized carbons (Fsp3) is 0.867. The Morgan fingerprint density at radius 2 is 1.74 bits per heavy atom. The standard InChI is InChI=1S/C15H25NO3/c1-3-16(13-7-5-4-6-10(13)2)14(17)11-8-9-12(11)15(18)19/h10-13H,3-9H2,1-2H3,(H,18,19). The number of amides is 1. The third-order valence-corrected chi connectivity index (χ3v) is 5.00. The number of carboxylic acid groups (broad SMARTS) is 1. The second kappa shape index (κ2) is 5.93. The Hall–Kier alpha value is -1.06. The first-order valence-corrected chi connectivity index (χ1v) is 7.59. The second-order valence-corrected chi connectivity index (χ2v) is 6.08. The zero-order valence-electron chi connectivity index (χ0n) is 12.0. The molecule has 4 heteroatoms. The van der Waals surface area contributed by atoms with E-state index in [9.17, 15) is 9.59 Å². The summed E-state index contributed by atoms with van der Waals surface area (Å²) in [5.41, 5.74) is 0. The van der Waals surface area contributed by atoms with E-state index < -0.39 is 11.9 Å². The highest BCUT2D eigenvalue weighted by Crippen LogP contribution is 2.38. The van der Waals surface area contributed by atoms with Crippen molar-refractivity contribution in [3.63, 3.8) is 0 Å². The van der Waals surface area contributed by atoms with Crippen LogP contribution in [0.3, 0.4) is 0 Å². The van der Waals surface area contributed by atoms with E-state index in [4.69, 9.17) is 5.11 Å². The maximum Gasteiger partial charge on any atom is 0.307 e. The molecular weight excluding hydrogens is 242 g/mol. The first-order chi connectivity index (χ1) is 9.06. The van der Waals surface area contributed by atoms with E-state index in [0.717, 1.165) is 12.8 Å². The van der Waals surface area contributed by atoms with Gasteiger partial charge in [-0.05, 0) is 38.5 Å². The minimum absolute atomic E-state index is 0.0832. The zero-order valence-corrected chi connectivity index (χ0v) is 12.0. The SMILES string of the molecule is CCN(C(=O)C1CCC1C(=O)O)C1CCCCC1C. The van der Waals surface area contributed by atoms with Crippen LogP contribution in [0.25, 0.3) is 0 Å². The van der Waals surface area contributed by atoms with Gasteiger partial charge in [-0.15, -0.1) is 0 Å². The van der Waals surface area contributed by atoms with Crippen LogP contribution in [0.5, 0.6) is 0 Å². The molecule has 0 radical (unpaired) electrons. The molecule has 0 aromatic rings. The van der Waals surface area contributed by atoms with Crippen LogP contribution >= 0.6 is 0 Å². The largest absolute Gasteiger partial charge is 0.481 e. The van der Waals surface area contributed by atoms with Crippen molar-refractivity contribution in [2.75, 3.05) is 6.54 Å². The zero-order chi connectivity index (χ0) is 14.0. The number of aliphatic carboxylic acids is 1. The van der Waals surface area contributed by atoms with Crippen LogP contribution in [0.1, 0.15) is 52.4 Å². The van der Waals surface area contributed by atoms with Crippen molar-refractivity contribution in [1.82, 2.24) is 4.90 Å². The van der Waals surface area contributed by atoms with Crippen molar-refractivity contribution in [2.45, 2.75) is 58.4 Å². The fourth-order valence-corrected chi connectivity index (χ4v) is 3.62. The molecule has 0 saturated heterocycles. The molecular formula is C15H25NO3. The highest BCUT2D eigenvalue weighted by Gasteiger charge is 2.44. The van der Waals surface area contributed by atoms with Gasteiger partial charge in [0.15, 0.2) is 0 Å². The average Bonchev–Trinajstić information content (AvgIpc) is 2.30. The summed E-state index contributed by atoms with van der Waals surface area (Å²) in [5, 5.41) is 9.10. The van der Waals surface area contributed by atoms with Gasteiger partial charge in [0.2, 0.25) is 5.91 Å². The van der Waals surface area contributed by atoms with Crippen LogP contribution in [0.4, 0.5) is 0 Å². The Labute approximate surface area is 115 Å². The monoisotopic (exact) mass is 267 g/mol. The second-order valence-electron chi connectivity index (χ2n) is 6.08. The lowest BCUT2D eigenvalue weighted by Gasteiger charge is -2.43. The molecule has 0 bridgehead atoms. The summed E-state index contributed by atoms with van der Waals surface area (Å²) < 4.78 is 0. The maximum absolute atomic E-state index is 12.6. The lowest BCUT2D eigenvalue weighted by atomic mass is 9.72. The molecule has 0 heterocycles. The lowest BCUT2D eigenvalue weighted by Crippen LogP contribution is -2.52. The number of nitrogens with zero attached hydrogens (tertiary/aromatic N) is 1. The van der Waals surface area contributed by atoms with E-state index in [1.807, 2.05) is 11.8 Å². The quantitative estimate of drug-likeness (QED) is 0.851. The fourth-order valence-electron chi connectivity index (χ4n) is 3.62. The molecule has 4 nitrogen and oxygen atoms in total. The molecule has 2 saturated carbocycles. The summed E-state index contributed by atoms with van der Waals surface area (Å²) in [4.78, 5) is 25.6. The predicted octanol–water partition coefficient (Wildman–Crippen LogP) is 2.52. The average molecular weight is 267 g/mol. The van der Waals surface area contributed by atoms with Crippen molar-refractivity contribution in [3.8, 4) is 0 Å². The Balaban J connectivity index is 2.04. The van der Waals surface area contributed by atoms with Crippen LogP contribution < -0.4 is 0 Å². The topological polar surface area (TPSA) is 57.6 Å². The van der Waals surface area contributed by atoms with Crippen LogP contribution in [0.15, 0.2) is 0 Å². The molecule has 2 aliphatic rings. The molecule has 1 N–H and O–H groups in total. The Morgan fingerprint density at radius 1 is 1.11 bits per heavy atom. The van der Waals surface area contributed by atoms with Crippen molar-refractivity contribution in [1.29, 1.82) is 0 Å². The van der Waals surface area contributed by atoms with Gasteiger partial charge in [-0.3, -0.25) is 9.59 Å². The van der Waals surface area contributed by atoms with E-state index >= 15 is 0 Å². The van der Waals surface area contributed by atoms with Gasteiger partial charge in [0.25, 0.3) is 0 Å². The highest BCUT2D eigenvalue weighted by molar-refractivity contribution is 5.86. The van der Waals surface area contributed by atoms with Crippen LogP contribution in [-0.4, -0.2) is 34.5 Å². The Kier molecular flexibility index (Phi) is 4.48. The molecule has 2 fully saturated rings. The van der Waals surface area contributed by atoms with E-state index in [0.29, 0.717) is 24.9 Å². The Bertz CT molecular complexity index is 355. The van der Waals surface area contributed by atoms with Crippen LogP contribution in [0.2, 0.25) is 0 Å². The summed E-state index contributed by atoms with van der Waals surface area (Å²) in [6, 6.07) is 0.321. The number of hydrogen-bond acceptors (Lipinski definition) is 2. The predicted molar refractivity (Wildman–Crippen MR) is 72.7 cm³/mol. The van der Waals surface area contributed by atoms with Crippen molar-refractivity contribution >= 4 is 11.9 Å². The van der Waals surface area contributed by atoms with Gasteiger partial charge < -0.3 is 10.0 Å². The minimum atomic E-state index is -0.808. The normalized spacial score (nSPS) is 34.4. The summed E-state index contributed by atoms with van der Waals surface area (Å²) in [6.45, 7) is 4.93. The minimum Gasteiger partial charge on any atom is -0.481 e. The van der Waals surface area contributed by atoms with Gasteiger partial charge in [0, 0.05) is 12.6 Å². The summed E-state index contributed by atoms with van der Waals surface area (Å²) in [5.74, 6) is -0.898. The smallest absolute Gasteiger partial charge is 0.307 e. The van der Waals surface area contributed by atoms with Crippen molar-refractivity contribution in [2.24, 2.45) is 17.8 Å². The van der Waals surface area contributed by atoms with E-state index in [2.05, 4.69) is 6.92 Å². The van der Waals surface area contributed by atoms with Gasteiger partial charge in [0.1, 0.15) is 0 Å². The third kappa shape index (κ3) is 2.77. The first-order valence-electron chi connectivity index (χ1n) is 7.59. The molecule has 2 rings (SSSR count). The third-order valence-electron chi connectivity index (χ3n) is 5.00. The maximum atomic E-state index is 12.6. The molecule has 19 heavy (non-hydrogen) atoms. The molecule has 0 aromatic carbocycles. The molecule has 4 atom stereocenters. The highest BCUT2D eigenvalue weighted by atomic mass is 16.4. The van der Waals surface area contributed by atoms with E-state index in [-0.39, 0.29) is 11.8 Å². The number of carbonyl (C=O) groups is 2. The molecule has 1 amide bonds. The molecule has 0 spiro atoms.